The van der Waals surface area contributed by atoms with Crippen LogP contribution in [-0.4, -0.2) is 32.6 Å². The molecule has 84 valence electrons. The lowest BCUT2D eigenvalue weighted by molar-refractivity contribution is -0.140. The molecular weight excluding hydrogens is 210 g/mol. The zero-order chi connectivity index (χ0) is 11.5. The number of esters is 1. The Balaban J connectivity index is 2.28. The molecule has 2 aromatic rings. The zero-order valence-corrected chi connectivity index (χ0v) is 8.75. The maximum Gasteiger partial charge on any atom is 0.307 e. The summed E-state index contributed by atoms with van der Waals surface area (Å²) in [6, 6.07) is 0. The molecule has 2 rings (SSSR count). The number of ether oxygens (including phenoxy) is 1. The molecule has 0 aliphatic carbocycles. The van der Waals surface area contributed by atoms with Crippen molar-refractivity contribution >= 4 is 23.0 Å². The topological polar surface area (TPSA) is 95.9 Å². The molecule has 0 radical (unpaired) electrons. The first-order valence-corrected chi connectivity index (χ1v) is 4.70. The predicted molar refractivity (Wildman–Crippen MR) is 56.4 cm³/mol. The van der Waals surface area contributed by atoms with Crippen molar-refractivity contribution in [2.24, 2.45) is 0 Å². The molecule has 0 bridgehead atoms. The molecule has 0 aromatic carbocycles. The Bertz CT molecular complexity index is 522. The molecule has 0 unspecified atom stereocenters. The largest absolute Gasteiger partial charge is 0.469 e. The normalized spacial score (nSPS) is 10.6. The number of nitrogen functional groups attached to an aromatic ring is 1. The SMILES string of the molecule is COC(=O)CCn1cnc2ncnc(N)c21. The van der Waals surface area contributed by atoms with Crippen molar-refractivity contribution in [1.29, 1.82) is 0 Å². The Morgan fingerprint density at radius 2 is 2.31 bits per heavy atom. The number of hydrogen-bond acceptors (Lipinski definition) is 6. The minimum atomic E-state index is -0.280. The molecule has 2 aromatic heterocycles. The van der Waals surface area contributed by atoms with Crippen LogP contribution in [0, 0.1) is 0 Å². The lowest BCUT2D eigenvalue weighted by atomic mass is 10.4. The maximum atomic E-state index is 11.0. The first-order chi connectivity index (χ1) is 7.72. The minimum absolute atomic E-state index is 0.260. The quantitative estimate of drug-likeness (QED) is 0.731. The third-order valence-corrected chi connectivity index (χ3v) is 2.22. The third kappa shape index (κ3) is 1.79. The summed E-state index contributed by atoms with van der Waals surface area (Å²) in [7, 11) is 1.35. The second kappa shape index (κ2) is 4.13. The van der Waals surface area contributed by atoms with Gasteiger partial charge in [-0.25, -0.2) is 15.0 Å². The van der Waals surface area contributed by atoms with Crippen LogP contribution in [0.3, 0.4) is 0 Å². The summed E-state index contributed by atoms with van der Waals surface area (Å²) >= 11 is 0. The molecule has 2 heterocycles. The van der Waals surface area contributed by atoms with Gasteiger partial charge in [0.05, 0.1) is 19.9 Å². The van der Waals surface area contributed by atoms with E-state index in [1.165, 1.54) is 13.4 Å². The summed E-state index contributed by atoms with van der Waals surface area (Å²) in [5.74, 6) is 0.0737. The Hall–Kier alpha value is -2.18. The van der Waals surface area contributed by atoms with Crippen molar-refractivity contribution in [2.75, 3.05) is 12.8 Å². The fourth-order valence-corrected chi connectivity index (χ4v) is 1.42. The average molecular weight is 221 g/mol. The fraction of sp³-hybridized carbons (Fsp3) is 0.333. The summed E-state index contributed by atoms with van der Waals surface area (Å²) in [6.45, 7) is 0.445. The summed E-state index contributed by atoms with van der Waals surface area (Å²) in [6.07, 6.45) is 3.20. The first-order valence-electron chi connectivity index (χ1n) is 4.70. The Labute approximate surface area is 91.3 Å². The van der Waals surface area contributed by atoms with E-state index >= 15 is 0 Å². The van der Waals surface area contributed by atoms with Crippen molar-refractivity contribution in [3.63, 3.8) is 0 Å². The van der Waals surface area contributed by atoms with Crippen LogP contribution in [0.2, 0.25) is 0 Å². The van der Waals surface area contributed by atoms with Crippen LogP contribution < -0.4 is 5.73 Å². The molecular formula is C9H11N5O2. The molecule has 7 nitrogen and oxygen atoms in total. The van der Waals surface area contributed by atoms with Crippen LogP contribution in [-0.2, 0) is 16.1 Å². The van der Waals surface area contributed by atoms with Gasteiger partial charge in [0.25, 0.3) is 0 Å². The zero-order valence-electron chi connectivity index (χ0n) is 8.75. The average Bonchev–Trinajstić information content (AvgIpc) is 2.70. The number of imidazole rings is 1. The molecule has 0 atom stereocenters. The van der Waals surface area contributed by atoms with Crippen LogP contribution in [0.15, 0.2) is 12.7 Å². The lowest BCUT2D eigenvalue weighted by Crippen LogP contribution is -2.07. The predicted octanol–water partition coefficient (Wildman–Crippen LogP) is -0.0284. The standard InChI is InChI=1S/C9H11N5O2/c1-16-6(15)2-3-14-5-13-9-7(14)8(10)11-4-12-9/h4-5H,2-3H2,1H3,(H2,10,11,12). The highest BCUT2D eigenvalue weighted by molar-refractivity contribution is 5.81. The molecule has 0 saturated heterocycles. The highest BCUT2D eigenvalue weighted by atomic mass is 16.5. The van der Waals surface area contributed by atoms with Gasteiger partial charge in [-0.2, -0.15) is 0 Å². The number of anilines is 1. The number of methoxy groups -OCH3 is 1. The van der Waals surface area contributed by atoms with E-state index in [4.69, 9.17) is 5.73 Å². The highest BCUT2D eigenvalue weighted by Gasteiger charge is 2.09. The number of nitrogens with two attached hydrogens (primary N) is 1. The van der Waals surface area contributed by atoms with Crippen molar-refractivity contribution in [1.82, 2.24) is 19.5 Å². The van der Waals surface area contributed by atoms with Crippen LogP contribution in [0.25, 0.3) is 11.2 Å². The minimum Gasteiger partial charge on any atom is -0.469 e. The second-order valence-corrected chi connectivity index (χ2v) is 3.20. The van der Waals surface area contributed by atoms with E-state index < -0.39 is 0 Å². The summed E-state index contributed by atoms with van der Waals surface area (Å²) in [5.41, 5.74) is 6.88. The molecule has 0 amide bonds. The third-order valence-electron chi connectivity index (χ3n) is 2.22. The lowest BCUT2D eigenvalue weighted by Gasteiger charge is -2.03. The van der Waals surface area contributed by atoms with Gasteiger partial charge < -0.3 is 15.0 Å². The number of carbonyl (C=O) groups is 1. The maximum absolute atomic E-state index is 11.0. The fourth-order valence-electron chi connectivity index (χ4n) is 1.42. The van der Waals surface area contributed by atoms with Gasteiger partial charge >= 0.3 is 5.97 Å². The number of rotatable bonds is 3. The van der Waals surface area contributed by atoms with E-state index in [0.29, 0.717) is 23.5 Å². The van der Waals surface area contributed by atoms with Gasteiger partial charge in [-0.15, -0.1) is 0 Å². The van der Waals surface area contributed by atoms with Crippen molar-refractivity contribution < 1.29 is 9.53 Å². The van der Waals surface area contributed by atoms with Gasteiger partial charge in [0.1, 0.15) is 11.8 Å². The smallest absolute Gasteiger partial charge is 0.307 e. The molecule has 7 heteroatoms. The van der Waals surface area contributed by atoms with E-state index in [0.717, 1.165) is 0 Å². The molecule has 0 aliphatic heterocycles. The number of fused-ring (bicyclic) bond motifs is 1. The van der Waals surface area contributed by atoms with E-state index in [2.05, 4.69) is 19.7 Å². The molecule has 0 aliphatic rings. The van der Waals surface area contributed by atoms with Crippen molar-refractivity contribution in [2.45, 2.75) is 13.0 Å². The number of nitrogens with zero attached hydrogens (tertiary/aromatic N) is 4. The molecule has 0 fully saturated rings. The second-order valence-electron chi connectivity index (χ2n) is 3.20. The summed E-state index contributed by atoms with van der Waals surface area (Å²) in [5, 5.41) is 0. The number of carbonyl (C=O) groups excluding carboxylic acids is 1. The van der Waals surface area contributed by atoms with E-state index in [-0.39, 0.29) is 12.4 Å². The first kappa shape index (κ1) is 10.3. The van der Waals surface area contributed by atoms with Crippen LogP contribution in [0.5, 0.6) is 0 Å². The summed E-state index contributed by atoms with van der Waals surface area (Å²) in [4.78, 5) is 22.9. The van der Waals surface area contributed by atoms with E-state index in [1.54, 1.807) is 10.9 Å². The number of aromatic nitrogens is 4. The van der Waals surface area contributed by atoms with Gasteiger partial charge in [-0.1, -0.05) is 0 Å². The Morgan fingerprint density at radius 3 is 3.06 bits per heavy atom. The van der Waals surface area contributed by atoms with Crippen molar-refractivity contribution in [3.05, 3.63) is 12.7 Å². The number of hydrogen-bond donors (Lipinski definition) is 1. The molecule has 0 saturated carbocycles. The highest BCUT2D eigenvalue weighted by Crippen LogP contribution is 2.15. The van der Waals surface area contributed by atoms with Crippen LogP contribution >= 0.6 is 0 Å². The Kier molecular flexibility index (Phi) is 2.67. The monoisotopic (exact) mass is 221 g/mol. The Morgan fingerprint density at radius 1 is 1.50 bits per heavy atom. The van der Waals surface area contributed by atoms with Gasteiger partial charge in [0.15, 0.2) is 11.5 Å². The number of aryl methyl sites for hydroxylation is 1. The molecule has 16 heavy (non-hydrogen) atoms. The van der Waals surface area contributed by atoms with E-state index in [1.807, 2.05) is 0 Å². The molecule has 0 spiro atoms. The van der Waals surface area contributed by atoms with Gasteiger partial charge in [-0.3, -0.25) is 4.79 Å². The van der Waals surface area contributed by atoms with Crippen LogP contribution in [0.1, 0.15) is 6.42 Å². The van der Waals surface area contributed by atoms with Gasteiger partial charge in [0, 0.05) is 6.54 Å². The summed E-state index contributed by atoms with van der Waals surface area (Å²) < 4.78 is 6.29. The van der Waals surface area contributed by atoms with Gasteiger partial charge in [0.2, 0.25) is 0 Å². The van der Waals surface area contributed by atoms with Crippen molar-refractivity contribution in [3.8, 4) is 0 Å². The molecule has 2 N–H and O–H groups in total. The van der Waals surface area contributed by atoms with Gasteiger partial charge in [-0.05, 0) is 0 Å². The van der Waals surface area contributed by atoms with Crippen LogP contribution in [0.4, 0.5) is 5.82 Å². The van der Waals surface area contributed by atoms with E-state index in [9.17, 15) is 4.79 Å².